The van der Waals surface area contributed by atoms with Gasteiger partial charge >= 0.3 is 0 Å². The predicted octanol–water partition coefficient (Wildman–Crippen LogP) is 6.13. The molecular weight excluding hydrogens is 623 g/mol. The van der Waals surface area contributed by atoms with Crippen molar-refractivity contribution in [1.82, 2.24) is 4.72 Å². The number of sulfonamides is 1. The van der Waals surface area contributed by atoms with Crippen molar-refractivity contribution in [2.24, 2.45) is 0 Å². The first-order valence-electron chi connectivity index (χ1n) is 15.6. The molecule has 9 nitrogen and oxygen atoms in total. The number of phenols is 1. The van der Waals surface area contributed by atoms with E-state index in [-0.39, 0.29) is 22.1 Å². The fraction of sp³-hybridized carbons (Fsp3) is 0.314. The molecule has 1 unspecified atom stereocenters. The molecule has 1 aliphatic heterocycles. The number of anilines is 2. The van der Waals surface area contributed by atoms with Crippen molar-refractivity contribution in [2.45, 2.75) is 49.8 Å². The molecule has 0 spiro atoms. The van der Waals surface area contributed by atoms with Crippen molar-refractivity contribution < 1.29 is 27.0 Å². The van der Waals surface area contributed by atoms with Gasteiger partial charge in [-0.1, -0.05) is 30.3 Å². The Kier molecular flexibility index (Phi) is 10.4. The van der Waals surface area contributed by atoms with E-state index < -0.39 is 27.0 Å². The molecule has 244 valence electrons. The SMILES string of the molecule is CCN(CC)c1ccc2c(c1)Oc1cc(N(CC)CC)ccc1C2c1ccc(S(=O)(=O)NCCc2ccc(O)cc2)cc1S(=O)[O-]. The summed E-state index contributed by atoms with van der Waals surface area (Å²) in [5.74, 6) is 0.885. The average Bonchev–Trinajstić information content (AvgIpc) is 3.05. The van der Waals surface area contributed by atoms with Gasteiger partial charge in [0, 0.05) is 78.2 Å². The van der Waals surface area contributed by atoms with E-state index in [1.54, 1.807) is 30.3 Å². The largest absolute Gasteiger partial charge is 0.768 e. The Morgan fingerprint density at radius 2 is 1.30 bits per heavy atom. The molecule has 46 heavy (non-hydrogen) atoms. The molecule has 1 heterocycles. The molecule has 0 aliphatic carbocycles. The van der Waals surface area contributed by atoms with E-state index in [9.17, 15) is 22.3 Å². The summed E-state index contributed by atoms with van der Waals surface area (Å²) in [6.07, 6.45) is 0.401. The second kappa shape index (κ2) is 14.3. The summed E-state index contributed by atoms with van der Waals surface area (Å²) in [7, 11) is -4.01. The summed E-state index contributed by atoms with van der Waals surface area (Å²) < 4.78 is 61.2. The molecule has 0 bridgehead atoms. The molecule has 5 rings (SSSR count). The first kappa shape index (κ1) is 33.5. The van der Waals surface area contributed by atoms with Gasteiger partial charge in [0.25, 0.3) is 0 Å². The van der Waals surface area contributed by atoms with E-state index in [0.29, 0.717) is 23.5 Å². The monoisotopic (exact) mass is 662 g/mol. The minimum atomic E-state index is -4.01. The summed E-state index contributed by atoms with van der Waals surface area (Å²) in [5.41, 5.74) is 4.91. The second-order valence-corrected chi connectivity index (χ2v) is 13.7. The highest BCUT2D eigenvalue weighted by Crippen LogP contribution is 2.50. The number of ether oxygens (including phenoxy) is 1. The number of rotatable bonds is 13. The summed E-state index contributed by atoms with van der Waals surface area (Å²) in [6, 6.07) is 22.8. The molecule has 0 saturated carbocycles. The maximum atomic E-state index is 13.3. The van der Waals surface area contributed by atoms with Crippen LogP contribution in [0.25, 0.3) is 0 Å². The Labute approximate surface area is 274 Å². The molecule has 11 heteroatoms. The maximum Gasteiger partial charge on any atom is 0.240 e. The topological polar surface area (TPSA) is 122 Å². The molecule has 4 aromatic carbocycles. The molecule has 0 fully saturated rings. The Morgan fingerprint density at radius 1 is 0.783 bits per heavy atom. The van der Waals surface area contributed by atoms with Crippen LogP contribution in [0.1, 0.15) is 55.9 Å². The smallest absolute Gasteiger partial charge is 0.240 e. The van der Waals surface area contributed by atoms with Crippen LogP contribution in [-0.2, 0) is 27.5 Å². The van der Waals surface area contributed by atoms with E-state index in [1.807, 2.05) is 36.4 Å². The van der Waals surface area contributed by atoms with Crippen molar-refractivity contribution in [3.05, 3.63) is 101 Å². The van der Waals surface area contributed by atoms with Crippen molar-refractivity contribution >= 4 is 32.5 Å². The number of nitrogens with zero attached hydrogens (tertiary/aromatic N) is 2. The highest BCUT2D eigenvalue weighted by atomic mass is 32.2. The zero-order valence-electron chi connectivity index (χ0n) is 26.5. The molecule has 0 aromatic heterocycles. The van der Waals surface area contributed by atoms with E-state index in [2.05, 4.69) is 42.2 Å². The number of fused-ring (bicyclic) bond motifs is 2. The van der Waals surface area contributed by atoms with Crippen LogP contribution >= 0.6 is 0 Å². The summed E-state index contributed by atoms with van der Waals surface area (Å²) in [6.45, 7) is 11.7. The lowest BCUT2D eigenvalue weighted by Crippen LogP contribution is -2.26. The van der Waals surface area contributed by atoms with Crippen LogP contribution in [0.2, 0.25) is 0 Å². The van der Waals surface area contributed by atoms with Crippen LogP contribution in [0, 0.1) is 0 Å². The number of hydrogen-bond donors (Lipinski definition) is 2. The highest BCUT2D eigenvalue weighted by molar-refractivity contribution is 7.89. The van der Waals surface area contributed by atoms with E-state index in [0.717, 1.165) is 54.2 Å². The van der Waals surface area contributed by atoms with Gasteiger partial charge in [0.1, 0.15) is 17.2 Å². The van der Waals surface area contributed by atoms with Crippen LogP contribution < -0.4 is 19.3 Å². The molecule has 0 amide bonds. The zero-order chi connectivity index (χ0) is 33.0. The molecule has 1 atom stereocenters. The number of hydrogen-bond acceptors (Lipinski definition) is 8. The zero-order valence-corrected chi connectivity index (χ0v) is 28.2. The Bertz CT molecular complexity index is 1760. The van der Waals surface area contributed by atoms with Gasteiger partial charge in [0.2, 0.25) is 10.0 Å². The molecule has 0 radical (unpaired) electrons. The third-order valence-corrected chi connectivity index (χ3v) is 10.7. The van der Waals surface area contributed by atoms with Gasteiger partial charge in [-0.15, -0.1) is 0 Å². The van der Waals surface area contributed by atoms with Gasteiger partial charge < -0.3 is 24.2 Å². The van der Waals surface area contributed by atoms with Gasteiger partial charge in [-0.2, -0.15) is 0 Å². The quantitative estimate of drug-likeness (QED) is 0.145. The summed E-state index contributed by atoms with van der Waals surface area (Å²) in [4.78, 5) is 4.20. The lowest BCUT2D eigenvalue weighted by molar-refractivity contribution is 0.451. The third-order valence-electron chi connectivity index (χ3n) is 8.52. The fourth-order valence-electron chi connectivity index (χ4n) is 6.03. The average molecular weight is 663 g/mol. The minimum absolute atomic E-state index is 0.0918. The van der Waals surface area contributed by atoms with Crippen LogP contribution in [-0.4, -0.2) is 55.0 Å². The van der Waals surface area contributed by atoms with Gasteiger partial charge in [0.15, 0.2) is 0 Å². The molecule has 4 aromatic rings. The van der Waals surface area contributed by atoms with Crippen LogP contribution in [0.5, 0.6) is 17.2 Å². The molecule has 0 saturated heterocycles. The molecule has 2 N–H and O–H groups in total. The minimum Gasteiger partial charge on any atom is -0.768 e. The van der Waals surface area contributed by atoms with Gasteiger partial charge in [-0.05, 0) is 92.7 Å². The lowest BCUT2D eigenvalue weighted by Gasteiger charge is -2.33. The second-order valence-electron chi connectivity index (χ2n) is 11.1. The van der Waals surface area contributed by atoms with Gasteiger partial charge in [-0.25, -0.2) is 13.1 Å². The van der Waals surface area contributed by atoms with Gasteiger partial charge in [0.05, 0.1) is 4.90 Å². The number of aromatic hydroxyl groups is 1. The first-order valence-corrected chi connectivity index (χ1v) is 18.1. The fourth-order valence-corrected chi connectivity index (χ4v) is 7.77. The number of nitrogens with one attached hydrogen (secondary N) is 1. The molecule has 1 aliphatic rings. The van der Waals surface area contributed by atoms with Crippen molar-refractivity contribution in [1.29, 1.82) is 0 Å². The summed E-state index contributed by atoms with van der Waals surface area (Å²) >= 11 is -2.73. The van der Waals surface area contributed by atoms with E-state index in [4.69, 9.17) is 4.74 Å². The maximum absolute atomic E-state index is 13.3. The normalized spacial score (nSPS) is 13.4. The third kappa shape index (κ3) is 6.92. The number of benzene rings is 4. The van der Waals surface area contributed by atoms with Crippen molar-refractivity contribution in [3.8, 4) is 17.2 Å². The van der Waals surface area contributed by atoms with Crippen molar-refractivity contribution in [3.63, 3.8) is 0 Å². The van der Waals surface area contributed by atoms with Gasteiger partial charge in [-0.3, -0.25) is 4.21 Å². The van der Waals surface area contributed by atoms with Crippen LogP contribution in [0.4, 0.5) is 11.4 Å². The Morgan fingerprint density at radius 3 is 1.80 bits per heavy atom. The predicted molar refractivity (Wildman–Crippen MR) is 182 cm³/mol. The molecular formula is C35H40N3O6S2-. The van der Waals surface area contributed by atoms with Crippen LogP contribution in [0.3, 0.4) is 0 Å². The number of phenolic OH excluding ortho intramolecular Hbond substituents is 1. The van der Waals surface area contributed by atoms with E-state index in [1.165, 1.54) is 12.1 Å². The Balaban J connectivity index is 1.56. The lowest BCUT2D eigenvalue weighted by atomic mass is 9.82. The van der Waals surface area contributed by atoms with Crippen LogP contribution in [0.15, 0.2) is 88.7 Å². The Hall–Kier alpha value is -3.90. The first-order chi connectivity index (χ1) is 22.1. The van der Waals surface area contributed by atoms with Crippen molar-refractivity contribution in [2.75, 3.05) is 42.5 Å². The highest BCUT2D eigenvalue weighted by Gasteiger charge is 2.32. The standard InChI is InChI=1S/C35H41N3O6S2/c1-5-37(6-2)25-11-16-29-32(21-25)44-33-22-26(38(7-3)8-4)12-17-30(33)35(29)31-18-15-28(23-34(31)45(40)41)46(42,43)36-20-19-24-9-13-27(39)14-10-24/h9-18,21-23,35-36,39H,5-8,19-20H2,1-4H3,(H,40,41)/p-1. The van der Waals surface area contributed by atoms with E-state index >= 15 is 0 Å². The summed E-state index contributed by atoms with van der Waals surface area (Å²) in [5, 5.41) is 9.49.